The van der Waals surface area contributed by atoms with Gasteiger partial charge in [-0.2, -0.15) is 13.2 Å². The molecule has 0 heterocycles. The van der Waals surface area contributed by atoms with Crippen LogP contribution in [-0.4, -0.2) is 17.0 Å². The minimum absolute atomic E-state index is 0.00501. The van der Waals surface area contributed by atoms with Gasteiger partial charge < -0.3 is 16.3 Å². The summed E-state index contributed by atoms with van der Waals surface area (Å²) < 4.78 is 37.1. The van der Waals surface area contributed by atoms with E-state index in [0.717, 1.165) is 12.1 Å². The number of alkyl halides is 3. The molecule has 5 nitrogen and oxygen atoms in total. The molecule has 9 heteroatoms. The molecule has 0 saturated carbocycles. The van der Waals surface area contributed by atoms with Gasteiger partial charge in [0.05, 0.1) is 22.7 Å². The molecule has 0 spiro atoms. The Morgan fingerprint density at radius 2 is 2.11 bits per heavy atom. The van der Waals surface area contributed by atoms with Crippen LogP contribution in [0.3, 0.4) is 0 Å². The number of benzene rings is 1. The minimum Gasteiger partial charge on any atom is -0.409 e. The number of carbonyl (C=O) groups excluding carboxylic acids is 1. The third-order valence-electron chi connectivity index (χ3n) is 2.04. The van der Waals surface area contributed by atoms with Gasteiger partial charge in [0.1, 0.15) is 5.84 Å². The maximum Gasteiger partial charge on any atom is 0.416 e. The standard InChI is InChI=1S/C10H9ClF3N3O2/c11-6-3-5(10(12,13)14)1-2-7(6)16-9(18)4-8(15)17-19/h1-3,19H,4H2,(H2,15,17)(H,16,18). The van der Waals surface area contributed by atoms with E-state index < -0.39 is 24.1 Å². The Morgan fingerprint density at radius 3 is 2.58 bits per heavy atom. The molecular weight excluding hydrogens is 287 g/mol. The highest BCUT2D eigenvalue weighted by molar-refractivity contribution is 6.33. The van der Waals surface area contributed by atoms with Crippen LogP contribution >= 0.6 is 11.6 Å². The van der Waals surface area contributed by atoms with E-state index >= 15 is 0 Å². The number of carbonyl (C=O) groups is 1. The van der Waals surface area contributed by atoms with E-state index in [9.17, 15) is 18.0 Å². The molecule has 0 saturated heterocycles. The predicted octanol–water partition coefficient (Wildman–Crippen LogP) is 2.43. The SMILES string of the molecule is NC(CC(=O)Nc1ccc(C(F)(F)F)cc1Cl)=NO. The Bertz CT molecular complexity index is 517. The molecule has 1 aromatic carbocycles. The number of nitrogens with one attached hydrogen (secondary N) is 1. The third kappa shape index (κ3) is 4.32. The lowest BCUT2D eigenvalue weighted by molar-refractivity contribution is -0.137. The summed E-state index contributed by atoms with van der Waals surface area (Å²) in [5.41, 5.74) is 4.19. The van der Waals surface area contributed by atoms with Crippen molar-refractivity contribution < 1.29 is 23.2 Å². The quantitative estimate of drug-likeness (QED) is 0.346. The van der Waals surface area contributed by atoms with Crippen LogP contribution in [0.15, 0.2) is 23.4 Å². The van der Waals surface area contributed by atoms with Crippen molar-refractivity contribution in [2.75, 3.05) is 5.32 Å². The smallest absolute Gasteiger partial charge is 0.409 e. The molecule has 104 valence electrons. The molecule has 0 atom stereocenters. The van der Waals surface area contributed by atoms with Gasteiger partial charge in [0.2, 0.25) is 5.91 Å². The number of anilines is 1. The first-order valence-corrected chi connectivity index (χ1v) is 5.25. The van der Waals surface area contributed by atoms with Crippen molar-refractivity contribution in [1.29, 1.82) is 0 Å². The van der Waals surface area contributed by atoms with Gasteiger partial charge in [-0.1, -0.05) is 16.8 Å². The lowest BCUT2D eigenvalue weighted by atomic mass is 10.2. The minimum atomic E-state index is -4.51. The number of amidine groups is 1. The molecule has 0 aliphatic carbocycles. The Balaban J connectivity index is 2.84. The van der Waals surface area contributed by atoms with Crippen LogP contribution in [0.4, 0.5) is 18.9 Å². The second-order valence-electron chi connectivity index (χ2n) is 3.51. The molecule has 0 aliphatic rings. The summed E-state index contributed by atoms with van der Waals surface area (Å²) in [6.07, 6.45) is -4.92. The summed E-state index contributed by atoms with van der Waals surface area (Å²) in [5.74, 6) is -1.00. The number of oxime groups is 1. The van der Waals surface area contributed by atoms with Crippen molar-refractivity contribution >= 4 is 29.0 Å². The first-order valence-electron chi connectivity index (χ1n) is 4.87. The summed E-state index contributed by atoms with van der Waals surface area (Å²) in [4.78, 5) is 11.4. The fraction of sp³-hybridized carbons (Fsp3) is 0.200. The van der Waals surface area contributed by atoms with E-state index in [1.807, 2.05) is 0 Å². The molecule has 19 heavy (non-hydrogen) atoms. The van der Waals surface area contributed by atoms with Crippen molar-refractivity contribution in [1.82, 2.24) is 0 Å². The maximum absolute atomic E-state index is 12.4. The third-order valence-corrected chi connectivity index (χ3v) is 2.35. The average molecular weight is 296 g/mol. The largest absolute Gasteiger partial charge is 0.416 e. The number of nitrogens with zero attached hydrogens (tertiary/aromatic N) is 1. The number of hydrogen-bond donors (Lipinski definition) is 3. The molecule has 4 N–H and O–H groups in total. The predicted molar refractivity (Wildman–Crippen MR) is 63.1 cm³/mol. The molecule has 0 aliphatic heterocycles. The lowest BCUT2D eigenvalue weighted by Gasteiger charge is -2.10. The fourth-order valence-corrected chi connectivity index (χ4v) is 1.41. The Hall–Kier alpha value is -1.96. The van der Waals surface area contributed by atoms with Crippen LogP contribution in [0.2, 0.25) is 5.02 Å². The van der Waals surface area contributed by atoms with Crippen molar-refractivity contribution in [2.24, 2.45) is 10.9 Å². The van der Waals surface area contributed by atoms with Crippen LogP contribution in [0, 0.1) is 0 Å². The highest BCUT2D eigenvalue weighted by atomic mass is 35.5. The number of hydrogen-bond acceptors (Lipinski definition) is 3. The second kappa shape index (κ2) is 5.79. The van der Waals surface area contributed by atoms with Crippen molar-refractivity contribution in [3.63, 3.8) is 0 Å². The van der Waals surface area contributed by atoms with Crippen LogP contribution in [0.25, 0.3) is 0 Å². The lowest BCUT2D eigenvalue weighted by Crippen LogP contribution is -2.22. The summed E-state index contributed by atoms with van der Waals surface area (Å²) in [7, 11) is 0. The Morgan fingerprint density at radius 1 is 1.47 bits per heavy atom. The van der Waals surface area contributed by atoms with Gasteiger partial charge in [0, 0.05) is 0 Å². The molecule has 1 aromatic rings. The van der Waals surface area contributed by atoms with E-state index in [-0.39, 0.29) is 16.5 Å². The van der Waals surface area contributed by atoms with Gasteiger partial charge in [0.25, 0.3) is 0 Å². The highest BCUT2D eigenvalue weighted by Gasteiger charge is 2.30. The summed E-state index contributed by atoms with van der Waals surface area (Å²) in [6, 6.07) is 2.50. The van der Waals surface area contributed by atoms with Crippen LogP contribution in [0.1, 0.15) is 12.0 Å². The topological polar surface area (TPSA) is 87.7 Å². The molecule has 1 rings (SSSR count). The normalized spacial score (nSPS) is 12.3. The number of nitrogens with two attached hydrogens (primary N) is 1. The second-order valence-corrected chi connectivity index (χ2v) is 3.92. The highest BCUT2D eigenvalue weighted by Crippen LogP contribution is 2.33. The Kier molecular flexibility index (Phi) is 4.60. The molecule has 0 unspecified atom stereocenters. The first-order chi connectivity index (χ1) is 8.74. The van der Waals surface area contributed by atoms with Gasteiger partial charge in [-0.15, -0.1) is 0 Å². The van der Waals surface area contributed by atoms with Crippen molar-refractivity contribution in [3.8, 4) is 0 Å². The van der Waals surface area contributed by atoms with Gasteiger partial charge in [-0.05, 0) is 18.2 Å². The van der Waals surface area contributed by atoms with Crippen molar-refractivity contribution in [3.05, 3.63) is 28.8 Å². The zero-order chi connectivity index (χ0) is 14.6. The Labute approximate surface area is 110 Å². The van der Waals surface area contributed by atoms with E-state index in [2.05, 4.69) is 10.5 Å². The van der Waals surface area contributed by atoms with Gasteiger partial charge >= 0.3 is 6.18 Å². The van der Waals surface area contributed by atoms with Gasteiger partial charge in [-0.3, -0.25) is 4.79 Å². The number of halogens is 4. The van der Waals surface area contributed by atoms with Crippen LogP contribution in [-0.2, 0) is 11.0 Å². The van der Waals surface area contributed by atoms with E-state index in [1.54, 1.807) is 0 Å². The zero-order valence-corrected chi connectivity index (χ0v) is 10.1. The fourth-order valence-electron chi connectivity index (χ4n) is 1.19. The van der Waals surface area contributed by atoms with E-state index in [4.69, 9.17) is 22.5 Å². The molecule has 0 aromatic heterocycles. The van der Waals surface area contributed by atoms with E-state index in [1.165, 1.54) is 0 Å². The van der Waals surface area contributed by atoms with E-state index in [0.29, 0.717) is 6.07 Å². The molecule has 0 fully saturated rings. The van der Waals surface area contributed by atoms with Gasteiger partial charge in [-0.25, -0.2) is 0 Å². The monoisotopic (exact) mass is 295 g/mol. The average Bonchev–Trinajstić information content (AvgIpc) is 2.30. The van der Waals surface area contributed by atoms with Crippen molar-refractivity contribution in [2.45, 2.75) is 12.6 Å². The van der Waals surface area contributed by atoms with Gasteiger partial charge in [0.15, 0.2) is 0 Å². The number of rotatable bonds is 3. The summed E-state index contributed by atoms with van der Waals surface area (Å²) >= 11 is 5.62. The number of amides is 1. The summed E-state index contributed by atoms with van der Waals surface area (Å²) in [5, 5.41) is 12.8. The van der Waals surface area contributed by atoms with Crippen LogP contribution in [0.5, 0.6) is 0 Å². The molecule has 0 radical (unpaired) electrons. The zero-order valence-electron chi connectivity index (χ0n) is 9.33. The molecule has 1 amide bonds. The van der Waals surface area contributed by atoms with Crippen LogP contribution < -0.4 is 11.1 Å². The first kappa shape index (κ1) is 15.1. The molecular formula is C10H9ClF3N3O2. The summed E-state index contributed by atoms with van der Waals surface area (Å²) in [6.45, 7) is 0. The molecule has 0 bridgehead atoms. The maximum atomic E-state index is 12.4.